The maximum absolute atomic E-state index is 13.6. The number of nitrogen functional groups attached to an aromatic ring is 1. The maximum Gasteiger partial charge on any atom is 0.241 e. The highest BCUT2D eigenvalue weighted by Crippen LogP contribution is 2.20. The number of amides is 1. The minimum atomic E-state index is -4.09. The molecule has 1 aliphatic rings. The van der Waals surface area contributed by atoms with Crippen molar-refractivity contribution in [2.45, 2.75) is 17.4 Å². The Kier molecular flexibility index (Phi) is 7.64. The van der Waals surface area contributed by atoms with Gasteiger partial charge >= 0.3 is 0 Å². The maximum atomic E-state index is 13.6. The van der Waals surface area contributed by atoms with Crippen molar-refractivity contribution in [1.82, 2.24) is 13.9 Å². The van der Waals surface area contributed by atoms with Crippen LogP contribution in [-0.2, 0) is 31.3 Å². The highest BCUT2D eigenvalue weighted by atomic mass is 32.2. The van der Waals surface area contributed by atoms with E-state index in [1.807, 2.05) is 24.3 Å². The average molecular weight is 544 g/mol. The van der Waals surface area contributed by atoms with Crippen molar-refractivity contribution < 1.29 is 21.6 Å². The predicted molar refractivity (Wildman–Crippen MR) is 142 cm³/mol. The van der Waals surface area contributed by atoms with Crippen LogP contribution in [0.25, 0.3) is 10.8 Å². The molecule has 0 spiro atoms. The van der Waals surface area contributed by atoms with Crippen LogP contribution in [0.15, 0.2) is 71.6 Å². The van der Waals surface area contributed by atoms with Crippen LogP contribution in [-0.4, -0.2) is 76.3 Å². The zero-order chi connectivity index (χ0) is 26.8. The van der Waals surface area contributed by atoms with Gasteiger partial charge in [0, 0.05) is 31.7 Å². The Balaban J connectivity index is 1.62. The molecule has 0 bridgehead atoms. The fourth-order valence-electron chi connectivity index (χ4n) is 4.33. The summed E-state index contributed by atoms with van der Waals surface area (Å²) < 4.78 is 54.4. The largest absolute Gasteiger partial charge is 0.384 e. The van der Waals surface area contributed by atoms with Gasteiger partial charge in [0.1, 0.15) is 11.9 Å². The number of piperazine rings is 1. The highest BCUT2D eigenvalue weighted by molar-refractivity contribution is 7.89. The molecule has 12 heteroatoms. The SMILES string of the molecule is CS(=O)(=O)N1CCN(C(=O)[C@H](Cc2cccc(C(=N)N)c2)NS(=O)(=O)c2ccc3ccccc3c2)CC1. The lowest BCUT2D eigenvalue weighted by molar-refractivity contribution is -0.134. The molecule has 0 radical (unpaired) electrons. The van der Waals surface area contributed by atoms with Crippen molar-refractivity contribution in [3.8, 4) is 0 Å². The number of carbonyl (C=O) groups excluding carboxylic acids is 1. The number of nitrogens with one attached hydrogen (secondary N) is 2. The van der Waals surface area contributed by atoms with Crippen LogP contribution >= 0.6 is 0 Å². The van der Waals surface area contributed by atoms with E-state index in [1.54, 1.807) is 36.4 Å². The summed E-state index contributed by atoms with van der Waals surface area (Å²) in [5, 5.41) is 9.33. The van der Waals surface area contributed by atoms with Gasteiger partial charge in [-0.05, 0) is 41.0 Å². The van der Waals surface area contributed by atoms with E-state index in [0.29, 0.717) is 11.1 Å². The topological polar surface area (TPSA) is 154 Å². The van der Waals surface area contributed by atoms with Crippen LogP contribution in [0.3, 0.4) is 0 Å². The third-order valence-electron chi connectivity index (χ3n) is 6.32. The van der Waals surface area contributed by atoms with Crippen molar-refractivity contribution in [2.24, 2.45) is 5.73 Å². The molecule has 0 unspecified atom stereocenters. The van der Waals surface area contributed by atoms with Crippen molar-refractivity contribution >= 4 is 42.6 Å². The number of rotatable bonds is 8. The van der Waals surface area contributed by atoms with Crippen molar-refractivity contribution in [3.63, 3.8) is 0 Å². The molecule has 4 N–H and O–H groups in total. The Morgan fingerprint density at radius 2 is 1.62 bits per heavy atom. The normalized spacial score (nSPS) is 16.0. The summed E-state index contributed by atoms with van der Waals surface area (Å²) in [6.45, 7) is 0.560. The Hall–Kier alpha value is -3.32. The number of hydrogen-bond donors (Lipinski definition) is 3. The molecule has 1 atom stereocenters. The molecule has 1 heterocycles. The lowest BCUT2D eigenvalue weighted by atomic mass is 10.0. The zero-order valence-corrected chi connectivity index (χ0v) is 21.9. The Bertz CT molecular complexity index is 1550. The molecule has 1 amide bonds. The van der Waals surface area contributed by atoms with Gasteiger partial charge in [0.05, 0.1) is 11.2 Å². The molecule has 37 heavy (non-hydrogen) atoms. The highest BCUT2D eigenvalue weighted by Gasteiger charge is 2.33. The molecular formula is C25H29N5O5S2. The van der Waals surface area contributed by atoms with Gasteiger partial charge < -0.3 is 10.6 Å². The second kappa shape index (κ2) is 10.6. The fourth-order valence-corrected chi connectivity index (χ4v) is 6.38. The molecule has 3 aromatic carbocycles. The second-order valence-corrected chi connectivity index (χ2v) is 12.7. The summed E-state index contributed by atoms with van der Waals surface area (Å²) in [7, 11) is -7.47. The van der Waals surface area contributed by atoms with Crippen molar-refractivity contribution in [1.29, 1.82) is 5.41 Å². The lowest BCUT2D eigenvalue weighted by Crippen LogP contribution is -2.56. The minimum Gasteiger partial charge on any atom is -0.384 e. The molecule has 196 valence electrons. The number of amidine groups is 1. The number of hydrogen-bond acceptors (Lipinski definition) is 6. The van der Waals surface area contributed by atoms with Crippen LogP contribution < -0.4 is 10.5 Å². The van der Waals surface area contributed by atoms with E-state index < -0.39 is 32.0 Å². The molecule has 1 saturated heterocycles. The van der Waals surface area contributed by atoms with Gasteiger partial charge in [-0.25, -0.2) is 16.8 Å². The lowest BCUT2D eigenvalue weighted by Gasteiger charge is -2.35. The first-order chi connectivity index (χ1) is 17.4. The van der Waals surface area contributed by atoms with Crippen LogP contribution in [0.5, 0.6) is 0 Å². The summed E-state index contributed by atoms with van der Waals surface area (Å²) in [4.78, 5) is 15.1. The fraction of sp³-hybridized carbons (Fsp3) is 0.280. The van der Waals surface area contributed by atoms with E-state index in [4.69, 9.17) is 11.1 Å². The minimum absolute atomic E-state index is 0.0268. The van der Waals surface area contributed by atoms with E-state index in [1.165, 1.54) is 15.3 Å². The molecular weight excluding hydrogens is 514 g/mol. The second-order valence-electron chi connectivity index (χ2n) is 8.99. The number of fused-ring (bicyclic) bond motifs is 1. The van der Waals surface area contributed by atoms with E-state index in [0.717, 1.165) is 17.0 Å². The van der Waals surface area contributed by atoms with Gasteiger partial charge in [0.2, 0.25) is 26.0 Å². The third-order valence-corrected chi connectivity index (χ3v) is 9.10. The smallest absolute Gasteiger partial charge is 0.241 e. The van der Waals surface area contributed by atoms with Gasteiger partial charge in [-0.15, -0.1) is 0 Å². The number of nitrogens with zero attached hydrogens (tertiary/aromatic N) is 2. The predicted octanol–water partition coefficient (Wildman–Crippen LogP) is 1.12. The van der Waals surface area contributed by atoms with Crippen LogP contribution in [0.4, 0.5) is 0 Å². The van der Waals surface area contributed by atoms with Gasteiger partial charge in [-0.2, -0.15) is 9.03 Å². The number of sulfonamides is 2. The standard InChI is InChI=1S/C25H29N5O5S2/c1-36(32,33)30-13-11-29(12-14-30)25(31)23(16-18-5-4-8-21(15-18)24(26)27)28-37(34,35)22-10-9-19-6-2-3-7-20(19)17-22/h2-10,15,17,23,28H,11-14,16H2,1H3,(H3,26,27)/t23-/m0/s1. The monoisotopic (exact) mass is 543 g/mol. The molecule has 0 aromatic heterocycles. The summed E-state index contributed by atoms with van der Waals surface area (Å²) in [6.07, 6.45) is 1.14. The Morgan fingerprint density at radius 1 is 0.946 bits per heavy atom. The van der Waals surface area contributed by atoms with Crippen molar-refractivity contribution in [2.75, 3.05) is 32.4 Å². The van der Waals surface area contributed by atoms with E-state index in [9.17, 15) is 21.6 Å². The van der Waals surface area contributed by atoms with Crippen molar-refractivity contribution in [3.05, 3.63) is 77.9 Å². The average Bonchev–Trinajstić information content (AvgIpc) is 2.87. The quantitative estimate of drug-likeness (QED) is 0.286. The molecule has 10 nitrogen and oxygen atoms in total. The first-order valence-electron chi connectivity index (χ1n) is 11.6. The molecule has 4 rings (SSSR count). The first-order valence-corrected chi connectivity index (χ1v) is 15.0. The van der Waals surface area contributed by atoms with Gasteiger partial charge in [-0.3, -0.25) is 10.2 Å². The molecule has 1 fully saturated rings. The van der Waals surface area contributed by atoms with E-state index >= 15 is 0 Å². The van der Waals surface area contributed by atoms with Gasteiger partial charge in [-0.1, -0.05) is 48.5 Å². The molecule has 0 aliphatic carbocycles. The molecule has 1 aliphatic heterocycles. The molecule has 0 saturated carbocycles. The Morgan fingerprint density at radius 3 is 2.27 bits per heavy atom. The zero-order valence-electron chi connectivity index (χ0n) is 20.3. The summed E-state index contributed by atoms with van der Waals surface area (Å²) >= 11 is 0. The third kappa shape index (κ3) is 6.34. The van der Waals surface area contributed by atoms with Crippen LogP contribution in [0.1, 0.15) is 11.1 Å². The van der Waals surface area contributed by atoms with E-state index in [-0.39, 0.29) is 43.3 Å². The number of benzene rings is 3. The first kappa shape index (κ1) is 26.7. The van der Waals surface area contributed by atoms with Gasteiger partial charge in [0.25, 0.3) is 0 Å². The van der Waals surface area contributed by atoms with Gasteiger partial charge in [0.15, 0.2) is 0 Å². The van der Waals surface area contributed by atoms with Crippen LogP contribution in [0, 0.1) is 5.41 Å². The number of nitrogens with two attached hydrogens (primary N) is 1. The molecule has 3 aromatic rings. The summed E-state index contributed by atoms with van der Waals surface area (Å²) in [5.41, 5.74) is 6.69. The van der Waals surface area contributed by atoms with Crippen LogP contribution in [0.2, 0.25) is 0 Å². The summed E-state index contributed by atoms with van der Waals surface area (Å²) in [5.74, 6) is -0.593. The summed E-state index contributed by atoms with van der Waals surface area (Å²) in [6, 6.07) is 17.7. The van der Waals surface area contributed by atoms with E-state index in [2.05, 4.69) is 4.72 Å². The number of carbonyl (C=O) groups is 1. The Labute approximate surface area is 216 Å².